The van der Waals surface area contributed by atoms with Gasteiger partial charge in [-0.15, -0.1) is 11.3 Å². The van der Waals surface area contributed by atoms with Gasteiger partial charge in [0, 0.05) is 14.1 Å². The Bertz CT molecular complexity index is 438. The number of nitrogens with zero attached hydrogens (tertiary/aromatic N) is 3. The van der Waals surface area contributed by atoms with Crippen LogP contribution in [0.4, 0.5) is 5.69 Å². The lowest BCUT2D eigenvalue weighted by Crippen LogP contribution is -2.08. The molecule has 0 saturated carbocycles. The maximum atomic E-state index is 5.77. The van der Waals surface area contributed by atoms with E-state index in [0.29, 0.717) is 4.47 Å². The monoisotopic (exact) mass is 213 g/mol. The molecule has 0 saturated heterocycles. The summed E-state index contributed by atoms with van der Waals surface area (Å²) in [7, 11) is 3.96. The van der Waals surface area contributed by atoms with Crippen molar-refractivity contribution in [3.63, 3.8) is 0 Å². The Morgan fingerprint density at radius 3 is 2.92 bits per heavy atom. The van der Waals surface area contributed by atoms with Crippen molar-refractivity contribution in [2.45, 2.75) is 0 Å². The predicted molar refractivity (Wildman–Crippen MR) is 56.8 cm³/mol. The molecule has 0 fully saturated rings. The van der Waals surface area contributed by atoms with Gasteiger partial charge in [-0.3, -0.25) is 0 Å². The minimum Gasteiger partial charge on any atom is -0.376 e. The van der Waals surface area contributed by atoms with Crippen LogP contribution in [-0.4, -0.2) is 24.1 Å². The third-order valence-electron chi connectivity index (χ3n) is 1.72. The van der Waals surface area contributed by atoms with Gasteiger partial charge in [-0.2, -0.15) is 0 Å². The molecule has 68 valence electrons. The molecule has 0 spiro atoms. The summed E-state index contributed by atoms with van der Waals surface area (Å²) in [5, 5.41) is 0. The summed E-state index contributed by atoms with van der Waals surface area (Å²) in [6, 6.07) is 2.03. The molecule has 0 amide bonds. The van der Waals surface area contributed by atoms with Crippen molar-refractivity contribution in [2.24, 2.45) is 0 Å². The first-order valence-corrected chi connectivity index (χ1v) is 4.95. The molecule has 0 unspecified atom stereocenters. The molecule has 0 aliphatic carbocycles. The van der Waals surface area contributed by atoms with E-state index in [2.05, 4.69) is 9.97 Å². The second-order valence-corrected chi connectivity index (χ2v) is 4.49. The smallest absolute Gasteiger partial charge is 0.186 e. The Hall–Kier alpha value is -0.870. The van der Waals surface area contributed by atoms with Gasteiger partial charge >= 0.3 is 0 Å². The van der Waals surface area contributed by atoms with Crippen molar-refractivity contribution in [2.75, 3.05) is 19.0 Å². The summed E-state index contributed by atoms with van der Waals surface area (Å²) in [6.45, 7) is 0. The first-order valence-electron chi connectivity index (χ1n) is 3.76. The molecule has 5 heteroatoms. The second kappa shape index (κ2) is 3.12. The van der Waals surface area contributed by atoms with Crippen LogP contribution >= 0.6 is 22.9 Å². The highest BCUT2D eigenvalue weighted by molar-refractivity contribution is 7.22. The van der Waals surface area contributed by atoms with Gasteiger partial charge in [-0.25, -0.2) is 9.97 Å². The van der Waals surface area contributed by atoms with Crippen LogP contribution in [0.2, 0.25) is 4.47 Å². The molecular weight excluding hydrogens is 206 g/mol. The SMILES string of the molecule is CN(C)c1cnc2nc(Cl)sc2c1. The first-order chi connectivity index (χ1) is 6.16. The molecule has 2 aromatic rings. The maximum absolute atomic E-state index is 5.77. The third kappa shape index (κ3) is 1.59. The van der Waals surface area contributed by atoms with Crippen LogP contribution < -0.4 is 4.90 Å². The quantitative estimate of drug-likeness (QED) is 0.729. The number of fused-ring (bicyclic) bond motifs is 1. The van der Waals surface area contributed by atoms with Crippen molar-refractivity contribution in [1.29, 1.82) is 0 Å². The van der Waals surface area contributed by atoms with Crippen LogP contribution in [0, 0.1) is 0 Å². The van der Waals surface area contributed by atoms with Crippen molar-refractivity contribution in [3.8, 4) is 0 Å². The minimum absolute atomic E-state index is 0.540. The Balaban J connectivity index is 2.61. The van der Waals surface area contributed by atoms with Crippen molar-refractivity contribution in [1.82, 2.24) is 9.97 Å². The molecule has 2 rings (SSSR count). The van der Waals surface area contributed by atoms with Crippen LogP contribution in [0.5, 0.6) is 0 Å². The highest BCUT2D eigenvalue weighted by atomic mass is 35.5. The molecule has 0 atom stereocenters. The van der Waals surface area contributed by atoms with E-state index in [0.717, 1.165) is 16.0 Å². The van der Waals surface area contributed by atoms with Crippen LogP contribution in [0.15, 0.2) is 12.3 Å². The highest BCUT2D eigenvalue weighted by Crippen LogP contribution is 2.26. The van der Waals surface area contributed by atoms with E-state index in [1.165, 1.54) is 11.3 Å². The summed E-state index contributed by atoms with van der Waals surface area (Å²) in [4.78, 5) is 10.3. The highest BCUT2D eigenvalue weighted by Gasteiger charge is 2.04. The molecule has 0 bridgehead atoms. The van der Waals surface area contributed by atoms with E-state index in [1.54, 1.807) is 6.20 Å². The molecule has 0 aliphatic heterocycles. The van der Waals surface area contributed by atoms with Gasteiger partial charge in [0.2, 0.25) is 0 Å². The number of thiazole rings is 1. The molecular formula is C8H8ClN3S. The number of pyridine rings is 1. The topological polar surface area (TPSA) is 29.0 Å². The summed E-state index contributed by atoms with van der Waals surface area (Å²) in [5.41, 5.74) is 1.79. The van der Waals surface area contributed by atoms with Crippen molar-refractivity contribution in [3.05, 3.63) is 16.7 Å². The van der Waals surface area contributed by atoms with Crippen molar-refractivity contribution >= 4 is 39.0 Å². The van der Waals surface area contributed by atoms with Crippen LogP contribution in [0.25, 0.3) is 10.3 Å². The van der Waals surface area contributed by atoms with Gasteiger partial charge in [0.1, 0.15) is 0 Å². The zero-order valence-corrected chi connectivity index (χ0v) is 8.85. The summed E-state index contributed by atoms with van der Waals surface area (Å²) in [5.74, 6) is 0. The largest absolute Gasteiger partial charge is 0.376 e. The molecule has 2 heterocycles. The summed E-state index contributed by atoms with van der Waals surface area (Å²) < 4.78 is 1.56. The molecule has 0 radical (unpaired) electrons. The van der Waals surface area contributed by atoms with E-state index in [4.69, 9.17) is 11.6 Å². The van der Waals surface area contributed by atoms with Gasteiger partial charge in [0.25, 0.3) is 0 Å². The first kappa shape index (κ1) is 8.72. The van der Waals surface area contributed by atoms with Gasteiger partial charge in [-0.1, -0.05) is 11.6 Å². The lowest BCUT2D eigenvalue weighted by Gasteiger charge is -2.10. The fourth-order valence-corrected chi connectivity index (χ4v) is 2.04. The Morgan fingerprint density at radius 2 is 2.23 bits per heavy atom. The molecule has 0 aliphatic rings. The molecule has 0 N–H and O–H groups in total. The number of aromatic nitrogens is 2. The van der Waals surface area contributed by atoms with Gasteiger partial charge < -0.3 is 4.90 Å². The molecule has 3 nitrogen and oxygen atoms in total. The maximum Gasteiger partial charge on any atom is 0.186 e. The van der Waals surface area contributed by atoms with E-state index in [-0.39, 0.29) is 0 Å². The fraction of sp³-hybridized carbons (Fsp3) is 0.250. The van der Waals surface area contributed by atoms with E-state index in [1.807, 2.05) is 25.1 Å². The Labute approximate surface area is 85.0 Å². The minimum atomic E-state index is 0.540. The van der Waals surface area contributed by atoms with Crippen LogP contribution in [-0.2, 0) is 0 Å². The van der Waals surface area contributed by atoms with Gasteiger partial charge in [0.15, 0.2) is 10.1 Å². The number of halogens is 1. The molecule has 13 heavy (non-hydrogen) atoms. The van der Waals surface area contributed by atoms with Crippen LogP contribution in [0.1, 0.15) is 0 Å². The third-order valence-corrected chi connectivity index (χ3v) is 2.82. The number of hydrogen-bond donors (Lipinski definition) is 0. The van der Waals surface area contributed by atoms with Gasteiger partial charge in [0.05, 0.1) is 16.6 Å². The number of hydrogen-bond acceptors (Lipinski definition) is 4. The average molecular weight is 214 g/mol. The Kier molecular flexibility index (Phi) is 2.09. The lowest BCUT2D eigenvalue weighted by molar-refractivity contribution is 1.12. The van der Waals surface area contributed by atoms with E-state index >= 15 is 0 Å². The average Bonchev–Trinajstić information content (AvgIpc) is 2.42. The zero-order chi connectivity index (χ0) is 9.42. The predicted octanol–water partition coefficient (Wildman–Crippen LogP) is 2.41. The Morgan fingerprint density at radius 1 is 1.46 bits per heavy atom. The number of anilines is 1. The normalized spacial score (nSPS) is 10.7. The summed E-state index contributed by atoms with van der Waals surface area (Å²) >= 11 is 7.22. The van der Waals surface area contributed by atoms with E-state index < -0.39 is 0 Å². The van der Waals surface area contributed by atoms with Crippen molar-refractivity contribution < 1.29 is 0 Å². The second-order valence-electron chi connectivity index (χ2n) is 2.88. The summed E-state index contributed by atoms with van der Waals surface area (Å²) in [6.07, 6.45) is 1.79. The molecule has 2 aromatic heterocycles. The zero-order valence-electron chi connectivity index (χ0n) is 7.28. The lowest BCUT2D eigenvalue weighted by atomic mass is 10.4. The standard InChI is InChI=1S/C8H8ClN3S/c1-12(2)5-3-6-7(10-4-5)11-8(9)13-6/h3-4H,1-2H3. The molecule has 0 aromatic carbocycles. The van der Waals surface area contributed by atoms with E-state index in [9.17, 15) is 0 Å². The number of rotatable bonds is 1. The fourth-order valence-electron chi connectivity index (χ4n) is 1.03. The van der Waals surface area contributed by atoms with Gasteiger partial charge in [-0.05, 0) is 6.07 Å². The van der Waals surface area contributed by atoms with Crippen LogP contribution in [0.3, 0.4) is 0 Å².